The van der Waals surface area contributed by atoms with Crippen LogP contribution in [0.15, 0.2) is 36.0 Å². The minimum Gasteiger partial charge on any atom is -0.480 e. The first-order chi connectivity index (χ1) is 6.29. The van der Waals surface area contributed by atoms with E-state index in [1.807, 2.05) is 30.4 Å². The second-order valence-electron chi connectivity index (χ2n) is 3.20. The fourth-order valence-corrected chi connectivity index (χ4v) is 1.75. The summed E-state index contributed by atoms with van der Waals surface area (Å²) in [6, 6.07) is -0.471. The van der Waals surface area contributed by atoms with Gasteiger partial charge in [0.05, 0.1) is 0 Å². The SMILES string of the molecule is O=C(O)C1NCC=C2C=CC=CC21. The highest BCUT2D eigenvalue weighted by Gasteiger charge is 2.30. The molecule has 1 aliphatic heterocycles. The highest BCUT2D eigenvalue weighted by Crippen LogP contribution is 2.24. The largest absolute Gasteiger partial charge is 0.480 e. The van der Waals surface area contributed by atoms with Crippen LogP contribution in [0.2, 0.25) is 0 Å². The lowest BCUT2D eigenvalue weighted by Gasteiger charge is -2.28. The fourth-order valence-electron chi connectivity index (χ4n) is 1.75. The Morgan fingerprint density at radius 2 is 2.38 bits per heavy atom. The van der Waals surface area contributed by atoms with Gasteiger partial charge < -0.3 is 10.4 Å². The summed E-state index contributed by atoms with van der Waals surface area (Å²) in [5, 5.41) is 11.9. The molecule has 0 aromatic rings. The molecule has 0 radical (unpaired) electrons. The van der Waals surface area contributed by atoms with Crippen LogP contribution < -0.4 is 5.32 Å². The zero-order valence-corrected chi connectivity index (χ0v) is 7.10. The Bertz CT molecular complexity index is 315. The second kappa shape index (κ2) is 3.18. The number of hydrogen-bond donors (Lipinski definition) is 2. The van der Waals surface area contributed by atoms with Crippen molar-refractivity contribution in [2.75, 3.05) is 6.54 Å². The average molecular weight is 177 g/mol. The number of allylic oxidation sites excluding steroid dienone is 3. The number of carboxylic acids is 1. The number of rotatable bonds is 1. The molecule has 0 spiro atoms. The monoisotopic (exact) mass is 177 g/mol. The Balaban J connectivity index is 2.28. The minimum atomic E-state index is -0.782. The maximum atomic E-state index is 10.9. The van der Waals surface area contributed by atoms with Crippen molar-refractivity contribution in [1.29, 1.82) is 0 Å². The summed E-state index contributed by atoms with van der Waals surface area (Å²) in [7, 11) is 0. The van der Waals surface area contributed by atoms with Crippen LogP contribution in [0.4, 0.5) is 0 Å². The van der Waals surface area contributed by atoms with E-state index >= 15 is 0 Å². The molecule has 0 bridgehead atoms. The molecule has 13 heavy (non-hydrogen) atoms. The van der Waals surface area contributed by atoms with Crippen LogP contribution in [-0.4, -0.2) is 23.7 Å². The summed E-state index contributed by atoms with van der Waals surface area (Å²) in [6.45, 7) is 0.640. The maximum Gasteiger partial charge on any atom is 0.321 e. The molecule has 0 amide bonds. The van der Waals surface area contributed by atoms with Crippen LogP contribution in [0, 0.1) is 5.92 Å². The van der Waals surface area contributed by atoms with Crippen LogP contribution in [0.1, 0.15) is 0 Å². The number of carbonyl (C=O) groups is 1. The van der Waals surface area contributed by atoms with Gasteiger partial charge in [-0.3, -0.25) is 4.79 Å². The molecule has 0 saturated carbocycles. The van der Waals surface area contributed by atoms with Crippen LogP contribution in [0.25, 0.3) is 0 Å². The summed E-state index contributed by atoms with van der Waals surface area (Å²) < 4.78 is 0. The smallest absolute Gasteiger partial charge is 0.321 e. The Morgan fingerprint density at radius 1 is 1.54 bits per heavy atom. The highest BCUT2D eigenvalue weighted by atomic mass is 16.4. The molecule has 2 aliphatic rings. The molecule has 0 aromatic heterocycles. The molecule has 1 aliphatic carbocycles. The zero-order chi connectivity index (χ0) is 9.26. The molecule has 3 nitrogen and oxygen atoms in total. The van der Waals surface area contributed by atoms with Crippen molar-refractivity contribution < 1.29 is 9.90 Å². The summed E-state index contributed by atoms with van der Waals surface area (Å²) >= 11 is 0. The molecule has 2 unspecified atom stereocenters. The molecule has 2 atom stereocenters. The minimum absolute atomic E-state index is 0.00347. The molecule has 0 fully saturated rings. The normalized spacial score (nSPS) is 30.9. The van der Waals surface area contributed by atoms with Gasteiger partial charge in [0.15, 0.2) is 0 Å². The lowest BCUT2D eigenvalue weighted by Crippen LogP contribution is -2.45. The van der Waals surface area contributed by atoms with Crippen molar-refractivity contribution >= 4 is 5.97 Å². The van der Waals surface area contributed by atoms with E-state index in [9.17, 15) is 4.79 Å². The van der Waals surface area contributed by atoms with Crippen LogP contribution in [0.3, 0.4) is 0 Å². The Hall–Kier alpha value is -1.35. The molecule has 2 rings (SSSR count). The van der Waals surface area contributed by atoms with Crippen molar-refractivity contribution in [3.63, 3.8) is 0 Å². The van der Waals surface area contributed by atoms with Gasteiger partial charge in [0.1, 0.15) is 6.04 Å². The van der Waals surface area contributed by atoms with E-state index in [4.69, 9.17) is 5.11 Å². The van der Waals surface area contributed by atoms with Gasteiger partial charge in [-0.05, 0) is 5.57 Å². The Morgan fingerprint density at radius 3 is 3.15 bits per heavy atom. The average Bonchev–Trinajstić information content (AvgIpc) is 2.17. The molecular formula is C10H11NO2. The summed E-state index contributed by atoms with van der Waals surface area (Å²) in [5.74, 6) is -0.785. The van der Waals surface area contributed by atoms with Gasteiger partial charge in [0, 0.05) is 12.5 Å². The van der Waals surface area contributed by atoms with Crippen molar-refractivity contribution in [2.24, 2.45) is 5.92 Å². The van der Waals surface area contributed by atoms with E-state index in [1.165, 1.54) is 0 Å². The van der Waals surface area contributed by atoms with Gasteiger partial charge >= 0.3 is 5.97 Å². The molecule has 0 saturated heterocycles. The zero-order valence-electron chi connectivity index (χ0n) is 7.10. The third kappa shape index (κ3) is 1.42. The number of hydrogen-bond acceptors (Lipinski definition) is 2. The summed E-state index contributed by atoms with van der Waals surface area (Å²) in [6.07, 6.45) is 9.76. The van der Waals surface area contributed by atoms with Gasteiger partial charge in [0.25, 0.3) is 0 Å². The number of fused-ring (bicyclic) bond motifs is 1. The van der Waals surface area contributed by atoms with Crippen molar-refractivity contribution in [2.45, 2.75) is 6.04 Å². The number of carboxylic acid groups (broad SMARTS) is 1. The van der Waals surface area contributed by atoms with Crippen molar-refractivity contribution in [3.05, 3.63) is 36.0 Å². The van der Waals surface area contributed by atoms with Crippen molar-refractivity contribution in [1.82, 2.24) is 5.32 Å². The predicted molar refractivity (Wildman–Crippen MR) is 49.3 cm³/mol. The first-order valence-corrected chi connectivity index (χ1v) is 4.30. The third-order valence-electron chi connectivity index (χ3n) is 2.40. The van der Waals surface area contributed by atoms with Crippen LogP contribution >= 0.6 is 0 Å². The quantitative estimate of drug-likeness (QED) is 0.620. The first kappa shape index (κ1) is 8.26. The first-order valence-electron chi connectivity index (χ1n) is 4.30. The molecule has 2 N–H and O–H groups in total. The molecular weight excluding hydrogens is 166 g/mol. The fraction of sp³-hybridized carbons (Fsp3) is 0.300. The van der Waals surface area contributed by atoms with Gasteiger partial charge in [-0.2, -0.15) is 0 Å². The molecule has 68 valence electrons. The van der Waals surface area contributed by atoms with Gasteiger partial charge in [0.2, 0.25) is 0 Å². The number of aliphatic carboxylic acids is 1. The second-order valence-corrected chi connectivity index (χ2v) is 3.20. The lowest BCUT2D eigenvalue weighted by molar-refractivity contribution is -0.140. The van der Waals surface area contributed by atoms with Gasteiger partial charge in [-0.1, -0.05) is 30.4 Å². The summed E-state index contributed by atoms with van der Waals surface area (Å²) in [4.78, 5) is 10.9. The highest BCUT2D eigenvalue weighted by molar-refractivity contribution is 5.76. The van der Waals surface area contributed by atoms with E-state index in [-0.39, 0.29) is 5.92 Å². The van der Waals surface area contributed by atoms with E-state index < -0.39 is 12.0 Å². The number of nitrogens with one attached hydrogen (secondary N) is 1. The van der Waals surface area contributed by atoms with Gasteiger partial charge in [-0.15, -0.1) is 0 Å². The molecule has 1 heterocycles. The van der Waals surface area contributed by atoms with E-state index in [2.05, 4.69) is 5.32 Å². The van der Waals surface area contributed by atoms with E-state index in [1.54, 1.807) is 0 Å². The van der Waals surface area contributed by atoms with Gasteiger partial charge in [-0.25, -0.2) is 0 Å². The summed E-state index contributed by atoms with van der Waals surface area (Å²) in [5.41, 5.74) is 1.11. The maximum absolute atomic E-state index is 10.9. The predicted octanol–water partition coefficient (Wildman–Crippen LogP) is 0.711. The topological polar surface area (TPSA) is 49.3 Å². The standard InChI is InChI=1S/C10H11NO2/c12-10(13)9-8-4-2-1-3-7(8)5-6-11-9/h1-5,8-9,11H,6H2,(H,12,13). The van der Waals surface area contributed by atoms with E-state index in [0.717, 1.165) is 5.57 Å². The third-order valence-corrected chi connectivity index (χ3v) is 2.40. The van der Waals surface area contributed by atoms with Crippen molar-refractivity contribution in [3.8, 4) is 0 Å². The molecule has 3 heteroatoms. The van der Waals surface area contributed by atoms with Crippen LogP contribution in [-0.2, 0) is 4.79 Å². The molecule has 0 aromatic carbocycles. The lowest BCUT2D eigenvalue weighted by atomic mass is 9.85. The Labute approximate surface area is 76.4 Å². The van der Waals surface area contributed by atoms with Crippen LogP contribution in [0.5, 0.6) is 0 Å². The Kier molecular flexibility index (Phi) is 2.02. The van der Waals surface area contributed by atoms with E-state index in [0.29, 0.717) is 6.54 Å².